The zero-order valence-corrected chi connectivity index (χ0v) is 8.27. The molecule has 2 N–H and O–H groups in total. The van der Waals surface area contributed by atoms with Gasteiger partial charge in [-0.05, 0) is 17.3 Å². The highest BCUT2D eigenvalue weighted by Crippen LogP contribution is 2.29. The summed E-state index contributed by atoms with van der Waals surface area (Å²) in [5.41, 5.74) is 2.87. The van der Waals surface area contributed by atoms with Gasteiger partial charge in [0.25, 0.3) is 0 Å². The SMILES string of the molecule is O=Nc1ncnc2cc(S)c(NO)cc12. The molecule has 0 saturated carbocycles. The molecule has 0 aliphatic heterocycles. The van der Waals surface area contributed by atoms with Crippen LogP contribution in [0.3, 0.4) is 0 Å². The van der Waals surface area contributed by atoms with Crippen LogP contribution in [0, 0.1) is 4.91 Å². The lowest BCUT2D eigenvalue weighted by atomic mass is 10.2. The van der Waals surface area contributed by atoms with Crippen molar-refractivity contribution in [1.29, 1.82) is 0 Å². The number of fused-ring (bicyclic) bond motifs is 1. The molecule has 0 bridgehead atoms. The molecular formula is C8H6N4O2S. The van der Waals surface area contributed by atoms with Crippen molar-refractivity contribution in [3.8, 4) is 0 Å². The average molecular weight is 222 g/mol. The minimum absolute atomic E-state index is 0.0323. The summed E-state index contributed by atoms with van der Waals surface area (Å²) in [4.78, 5) is 18.6. The van der Waals surface area contributed by atoms with E-state index in [4.69, 9.17) is 5.21 Å². The number of nitroso groups, excluding NO2 is 1. The van der Waals surface area contributed by atoms with Gasteiger partial charge in [0.05, 0.1) is 16.6 Å². The molecular weight excluding hydrogens is 216 g/mol. The van der Waals surface area contributed by atoms with Crippen LogP contribution in [-0.4, -0.2) is 15.2 Å². The first kappa shape index (κ1) is 9.81. The largest absolute Gasteiger partial charge is 0.291 e. The molecule has 1 aromatic carbocycles. The van der Waals surface area contributed by atoms with Gasteiger partial charge in [-0.25, -0.2) is 9.97 Å². The van der Waals surface area contributed by atoms with Crippen LogP contribution in [0.25, 0.3) is 10.9 Å². The molecule has 0 aliphatic carbocycles. The highest BCUT2D eigenvalue weighted by Gasteiger charge is 2.07. The summed E-state index contributed by atoms with van der Waals surface area (Å²) in [6.07, 6.45) is 1.25. The van der Waals surface area contributed by atoms with E-state index in [2.05, 4.69) is 27.8 Å². The van der Waals surface area contributed by atoms with Gasteiger partial charge in [0, 0.05) is 4.90 Å². The Bertz CT molecular complexity index is 531. The monoisotopic (exact) mass is 222 g/mol. The maximum Gasteiger partial charge on any atom is 0.207 e. The lowest BCUT2D eigenvalue weighted by molar-refractivity contribution is 0.387. The van der Waals surface area contributed by atoms with Crippen molar-refractivity contribution in [2.45, 2.75) is 4.90 Å². The van der Waals surface area contributed by atoms with Crippen LogP contribution in [0.15, 0.2) is 28.5 Å². The molecule has 0 saturated heterocycles. The standard InChI is InChI=1S/C8H6N4O2S/c13-11-6-1-4-5(2-7(6)15)9-3-10-8(4)12-14/h1-3,11,13,15H. The third-order valence-electron chi connectivity index (χ3n) is 1.94. The van der Waals surface area contributed by atoms with Gasteiger partial charge >= 0.3 is 0 Å². The number of rotatable bonds is 2. The molecule has 15 heavy (non-hydrogen) atoms. The topological polar surface area (TPSA) is 87.5 Å². The molecule has 6 nitrogen and oxygen atoms in total. The average Bonchev–Trinajstić information content (AvgIpc) is 2.27. The summed E-state index contributed by atoms with van der Waals surface area (Å²) >= 11 is 4.13. The number of hydrogen-bond donors (Lipinski definition) is 3. The number of nitrogens with zero attached hydrogens (tertiary/aromatic N) is 3. The molecule has 0 unspecified atom stereocenters. The Morgan fingerprint density at radius 2 is 2.20 bits per heavy atom. The Kier molecular flexibility index (Phi) is 2.48. The van der Waals surface area contributed by atoms with Gasteiger partial charge in [0.15, 0.2) is 0 Å². The van der Waals surface area contributed by atoms with Crippen molar-refractivity contribution >= 4 is 35.0 Å². The molecule has 76 valence electrons. The maximum atomic E-state index is 10.5. The first-order chi connectivity index (χ1) is 7.26. The first-order valence-electron chi connectivity index (χ1n) is 3.97. The second kappa shape index (κ2) is 3.79. The van der Waals surface area contributed by atoms with Crippen molar-refractivity contribution in [3.05, 3.63) is 23.4 Å². The van der Waals surface area contributed by atoms with E-state index in [1.165, 1.54) is 12.4 Å². The van der Waals surface area contributed by atoms with E-state index in [9.17, 15) is 4.91 Å². The molecule has 0 amide bonds. The molecule has 0 atom stereocenters. The molecule has 2 aromatic rings. The highest BCUT2D eigenvalue weighted by molar-refractivity contribution is 7.80. The second-order valence-corrected chi connectivity index (χ2v) is 3.27. The van der Waals surface area contributed by atoms with Crippen LogP contribution < -0.4 is 5.48 Å². The molecule has 0 radical (unpaired) electrons. The van der Waals surface area contributed by atoms with Crippen LogP contribution in [0.1, 0.15) is 0 Å². The molecule has 0 spiro atoms. The fourth-order valence-electron chi connectivity index (χ4n) is 1.24. The van der Waals surface area contributed by atoms with Crippen molar-refractivity contribution in [1.82, 2.24) is 9.97 Å². The molecule has 1 aromatic heterocycles. The Morgan fingerprint density at radius 3 is 2.87 bits per heavy atom. The lowest BCUT2D eigenvalue weighted by Crippen LogP contribution is -1.92. The fourth-order valence-corrected chi connectivity index (χ4v) is 1.48. The third-order valence-corrected chi connectivity index (χ3v) is 2.31. The van der Waals surface area contributed by atoms with Crippen molar-refractivity contribution in [2.75, 3.05) is 5.48 Å². The van der Waals surface area contributed by atoms with Gasteiger partial charge in [-0.1, -0.05) is 0 Å². The highest BCUT2D eigenvalue weighted by atomic mass is 32.1. The molecule has 0 aliphatic rings. The smallest absolute Gasteiger partial charge is 0.207 e. The van der Waals surface area contributed by atoms with Crippen LogP contribution >= 0.6 is 12.6 Å². The Hall–Kier alpha value is -1.73. The summed E-state index contributed by atoms with van der Waals surface area (Å²) in [7, 11) is 0. The van der Waals surface area contributed by atoms with E-state index in [1.807, 2.05) is 5.48 Å². The fraction of sp³-hybridized carbons (Fsp3) is 0. The van der Waals surface area contributed by atoms with E-state index in [-0.39, 0.29) is 5.82 Å². The number of aromatic nitrogens is 2. The lowest BCUT2D eigenvalue weighted by Gasteiger charge is -2.05. The summed E-state index contributed by atoms with van der Waals surface area (Å²) in [6, 6.07) is 3.11. The predicted molar refractivity (Wildman–Crippen MR) is 57.7 cm³/mol. The van der Waals surface area contributed by atoms with E-state index in [0.717, 1.165) is 0 Å². The molecule has 1 heterocycles. The minimum atomic E-state index is 0.0323. The van der Waals surface area contributed by atoms with Gasteiger partial charge < -0.3 is 0 Å². The quantitative estimate of drug-likeness (QED) is 0.411. The summed E-state index contributed by atoms with van der Waals surface area (Å²) in [5.74, 6) is 0.0323. The number of anilines is 1. The van der Waals surface area contributed by atoms with Gasteiger partial charge in [0.2, 0.25) is 5.82 Å². The molecule has 7 heteroatoms. The van der Waals surface area contributed by atoms with Gasteiger partial charge in [-0.2, -0.15) is 0 Å². The van der Waals surface area contributed by atoms with E-state index < -0.39 is 0 Å². The second-order valence-electron chi connectivity index (χ2n) is 2.79. The van der Waals surface area contributed by atoms with Crippen LogP contribution in [0.5, 0.6) is 0 Å². The predicted octanol–water partition coefficient (Wildman–Crippen LogP) is 2.12. The third kappa shape index (κ3) is 1.62. The number of hydrogen-bond acceptors (Lipinski definition) is 7. The molecule has 0 fully saturated rings. The van der Waals surface area contributed by atoms with Crippen LogP contribution in [-0.2, 0) is 0 Å². The minimum Gasteiger partial charge on any atom is -0.291 e. The van der Waals surface area contributed by atoms with Crippen LogP contribution in [0.2, 0.25) is 0 Å². The Morgan fingerprint density at radius 1 is 1.40 bits per heavy atom. The zero-order valence-electron chi connectivity index (χ0n) is 7.38. The van der Waals surface area contributed by atoms with Crippen molar-refractivity contribution in [3.63, 3.8) is 0 Å². The molecule has 2 rings (SSSR count). The summed E-state index contributed by atoms with van der Waals surface area (Å²) in [5, 5.41) is 12.0. The van der Waals surface area contributed by atoms with E-state index >= 15 is 0 Å². The number of benzene rings is 1. The number of nitrogens with one attached hydrogen (secondary N) is 1. The summed E-state index contributed by atoms with van der Waals surface area (Å²) < 4.78 is 0. The summed E-state index contributed by atoms with van der Waals surface area (Å²) in [6.45, 7) is 0. The van der Waals surface area contributed by atoms with Gasteiger partial charge in [-0.3, -0.25) is 10.7 Å². The zero-order chi connectivity index (χ0) is 10.8. The van der Waals surface area contributed by atoms with Crippen molar-refractivity contribution in [2.24, 2.45) is 5.18 Å². The van der Waals surface area contributed by atoms with Crippen molar-refractivity contribution < 1.29 is 5.21 Å². The van der Waals surface area contributed by atoms with E-state index in [1.54, 1.807) is 6.07 Å². The Balaban J connectivity index is 2.81. The van der Waals surface area contributed by atoms with Crippen LogP contribution in [0.4, 0.5) is 11.5 Å². The van der Waals surface area contributed by atoms with Gasteiger partial charge in [0.1, 0.15) is 6.33 Å². The van der Waals surface area contributed by atoms with Gasteiger partial charge in [-0.15, -0.1) is 17.5 Å². The van der Waals surface area contributed by atoms with E-state index in [0.29, 0.717) is 21.5 Å². The number of thiol groups is 1. The first-order valence-corrected chi connectivity index (χ1v) is 4.42. The Labute approximate surface area is 89.7 Å². The normalized spacial score (nSPS) is 10.3. The maximum absolute atomic E-state index is 10.5.